The molecule has 2 aliphatic carbocycles. The summed E-state index contributed by atoms with van der Waals surface area (Å²) >= 11 is 0. The zero-order valence-electron chi connectivity index (χ0n) is 13.2. The summed E-state index contributed by atoms with van der Waals surface area (Å²) in [5, 5.41) is 20.0. The Labute approximate surface area is 134 Å². The topological polar surface area (TPSA) is 93.1 Å². The third-order valence-corrected chi connectivity index (χ3v) is 5.55. The fourth-order valence-electron chi connectivity index (χ4n) is 4.35. The summed E-state index contributed by atoms with van der Waals surface area (Å²) in [6.07, 6.45) is 0.711. The molecule has 0 bridgehead atoms. The molecule has 1 heterocycles. The van der Waals surface area contributed by atoms with Crippen LogP contribution in [0, 0.1) is 17.8 Å². The molecule has 1 saturated heterocycles. The van der Waals surface area contributed by atoms with Gasteiger partial charge in [-0.05, 0) is 30.8 Å². The Balaban J connectivity index is 1.95. The van der Waals surface area contributed by atoms with E-state index in [1.54, 1.807) is 0 Å². The first kappa shape index (κ1) is 16.2. The fraction of sp³-hybridized carbons (Fsp3) is 0.647. The third-order valence-electron chi connectivity index (χ3n) is 5.55. The zero-order chi connectivity index (χ0) is 16.9. The molecule has 6 atom stereocenters. The van der Waals surface area contributed by atoms with E-state index in [0.717, 1.165) is 5.57 Å². The van der Waals surface area contributed by atoms with Crippen LogP contribution in [0.4, 0.5) is 0 Å². The number of hydrogen-bond acceptors (Lipinski definition) is 6. The van der Waals surface area contributed by atoms with Crippen LogP contribution in [0.2, 0.25) is 0 Å². The van der Waals surface area contributed by atoms with E-state index >= 15 is 0 Å². The van der Waals surface area contributed by atoms with Crippen molar-refractivity contribution in [2.75, 3.05) is 6.61 Å². The first-order chi connectivity index (χ1) is 10.8. The summed E-state index contributed by atoms with van der Waals surface area (Å²) in [5.74, 6) is -1.94. The Morgan fingerprint density at radius 1 is 1.48 bits per heavy atom. The Kier molecular flexibility index (Phi) is 3.84. The van der Waals surface area contributed by atoms with Crippen molar-refractivity contribution in [2.45, 2.75) is 44.0 Å². The van der Waals surface area contributed by atoms with E-state index in [1.807, 2.05) is 0 Å². The van der Waals surface area contributed by atoms with Crippen molar-refractivity contribution >= 4 is 11.9 Å². The molecule has 0 aromatic heterocycles. The minimum absolute atomic E-state index is 0.00399. The highest BCUT2D eigenvalue weighted by Gasteiger charge is 2.62. The number of ether oxygens (including phenoxy) is 2. The van der Waals surface area contributed by atoms with Crippen molar-refractivity contribution in [3.05, 3.63) is 24.3 Å². The summed E-state index contributed by atoms with van der Waals surface area (Å²) < 4.78 is 10.8. The quantitative estimate of drug-likeness (QED) is 0.575. The Hall–Kier alpha value is -1.66. The Bertz CT molecular complexity index is 582. The zero-order valence-corrected chi connectivity index (χ0v) is 13.2. The summed E-state index contributed by atoms with van der Waals surface area (Å²) in [5.41, 5.74) is -0.200. The average Bonchev–Trinajstić information content (AvgIpc) is 2.87. The van der Waals surface area contributed by atoms with Crippen molar-refractivity contribution in [3.63, 3.8) is 0 Å². The van der Waals surface area contributed by atoms with Crippen LogP contribution >= 0.6 is 0 Å². The highest BCUT2D eigenvalue weighted by molar-refractivity contribution is 5.82. The van der Waals surface area contributed by atoms with Gasteiger partial charge in [-0.1, -0.05) is 18.7 Å². The fourth-order valence-corrected chi connectivity index (χ4v) is 4.35. The van der Waals surface area contributed by atoms with Gasteiger partial charge in [0.1, 0.15) is 12.2 Å². The Morgan fingerprint density at radius 2 is 2.17 bits per heavy atom. The van der Waals surface area contributed by atoms with E-state index in [9.17, 15) is 19.8 Å². The number of aliphatic hydroxyl groups is 2. The summed E-state index contributed by atoms with van der Waals surface area (Å²) in [6, 6.07) is 0. The average molecular weight is 322 g/mol. The van der Waals surface area contributed by atoms with Gasteiger partial charge < -0.3 is 19.7 Å². The van der Waals surface area contributed by atoms with Crippen LogP contribution in [0.25, 0.3) is 0 Å². The molecule has 6 heteroatoms. The van der Waals surface area contributed by atoms with Gasteiger partial charge in [0.15, 0.2) is 5.60 Å². The Morgan fingerprint density at radius 3 is 2.78 bits per heavy atom. The van der Waals surface area contributed by atoms with E-state index in [1.165, 1.54) is 6.92 Å². The molecule has 2 saturated carbocycles. The molecule has 6 nitrogen and oxygen atoms in total. The van der Waals surface area contributed by atoms with Crippen LogP contribution < -0.4 is 0 Å². The number of esters is 2. The number of carbonyl (C=O) groups excluding carboxylic acids is 2. The van der Waals surface area contributed by atoms with Crippen molar-refractivity contribution in [1.82, 2.24) is 0 Å². The number of hydrogen-bond donors (Lipinski definition) is 2. The lowest BCUT2D eigenvalue weighted by molar-refractivity contribution is -0.159. The highest BCUT2D eigenvalue weighted by Crippen LogP contribution is 2.53. The molecule has 0 aromatic rings. The molecule has 3 aliphatic rings. The number of allylic oxidation sites excluding steroid dienone is 1. The van der Waals surface area contributed by atoms with Crippen LogP contribution in [0.3, 0.4) is 0 Å². The molecule has 3 fully saturated rings. The number of aliphatic hydroxyl groups excluding tert-OH is 1. The van der Waals surface area contributed by atoms with Crippen molar-refractivity contribution < 1.29 is 29.3 Å². The van der Waals surface area contributed by atoms with Gasteiger partial charge >= 0.3 is 11.9 Å². The molecule has 2 N–H and O–H groups in total. The maximum atomic E-state index is 12.1. The standard InChI is InChI=1S/C17H22O6/c1-8-4-5-12-15(23-16(20)17(12,21)7-18)14-9(2)13(6-11(8)14)22-10(3)19/h11-15,18,21H,1-2,4-7H2,3H3/t11-,12+,13-,14-,15-,17-/m1/s1. The predicted molar refractivity (Wildman–Crippen MR) is 80.1 cm³/mol. The van der Waals surface area contributed by atoms with Crippen molar-refractivity contribution in [2.24, 2.45) is 17.8 Å². The molecule has 23 heavy (non-hydrogen) atoms. The maximum Gasteiger partial charge on any atom is 0.341 e. The van der Waals surface area contributed by atoms with Crippen LogP contribution in [0.5, 0.6) is 0 Å². The van der Waals surface area contributed by atoms with Gasteiger partial charge in [-0.3, -0.25) is 4.79 Å². The van der Waals surface area contributed by atoms with Gasteiger partial charge in [0, 0.05) is 18.8 Å². The SMILES string of the molecule is C=C1CC[C@H]2[C@@H](OC(=O)[C@@]2(O)CO)[C@@H]2C(=C)[C@H](OC(C)=O)C[C@H]12. The minimum Gasteiger partial charge on any atom is -0.459 e. The summed E-state index contributed by atoms with van der Waals surface area (Å²) in [4.78, 5) is 23.4. The van der Waals surface area contributed by atoms with E-state index in [0.29, 0.717) is 24.8 Å². The van der Waals surface area contributed by atoms with Gasteiger partial charge in [-0.2, -0.15) is 0 Å². The molecule has 0 aromatic carbocycles. The molecule has 0 unspecified atom stereocenters. The largest absolute Gasteiger partial charge is 0.459 e. The van der Waals surface area contributed by atoms with Crippen molar-refractivity contribution in [1.29, 1.82) is 0 Å². The van der Waals surface area contributed by atoms with E-state index < -0.39 is 36.3 Å². The first-order valence-corrected chi connectivity index (χ1v) is 7.87. The van der Waals surface area contributed by atoms with Crippen LogP contribution in [-0.2, 0) is 19.1 Å². The summed E-state index contributed by atoms with van der Waals surface area (Å²) in [6.45, 7) is 8.85. The predicted octanol–water partition coefficient (Wildman–Crippen LogP) is 0.725. The van der Waals surface area contributed by atoms with E-state index in [2.05, 4.69) is 13.2 Å². The normalized spacial score (nSPS) is 42.7. The molecule has 0 amide bonds. The molecule has 0 spiro atoms. The van der Waals surface area contributed by atoms with Crippen LogP contribution in [0.15, 0.2) is 24.3 Å². The van der Waals surface area contributed by atoms with Gasteiger partial charge in [0.2, 0.25) is 0 Å². The van der Waals surface area contributed by atoms with Gasteiger partial charge in [-0.25, -0.2) is 4.79 Å². The molecule has 0 radical (unpaired) electrons. The maximum absolute atomic E-state index is 12.1. The van der Waals surface area contributed by atoms with Crippen LogP contribution in [0.1, 0.15) is 26.2 Å². The minimum atomic E-state index is -1.88. The number of fused-ring (bicyclic) bond motifs is 3. The third kappa shape index (κ3) is 2.32. The second-order valence-electron chi connectivity index (χ2n) is 6.80. The number of rotatable bonds is 2. The highest BCUT2D eigenvalue weighted by atomic mass is 16.6. The molecular formula is C17H22O6. The van der Waals surface area contributed by atoms with Gasteiger partial charge in [0.25, 0.3) is 0 Å². The van der Waals surface area contributed by atoms with E-state index in [4.69, 9.17) is 9.47 Å². The van der Waals surface area contributed by atoms with E-state index in [-0.39, 0.29) is 17.8 Å². The molecule has 126 valence electrons. The second-order valence-corrected chi connectivity index (χ2v) is 6.80. The lowest BCUT2D eigenvalue weighted by Crippen LogP contribution is -2.46. The lowest BCUT2D eigenvalue weighted by atomic mass is 9.78. The monoisotopic (exact) mass is 322 g/mol. The van der Waals surface area contributed by atoms with Crippen LogP contribution in [-0.4, -0.2) is 46.6 Å². The van der Waals surface area contributed by atoms with Crippen molar-refractivity contribution in [3.8, 4) is 0 Å². The molecular weight excluding hydrogens is 300 g/mol. The number of carbonyl (C=O) groups is 2. The lowest BCUT2D eigenvalue weighted by Gasteiger charge is -2.28. The second kappa shape index (κ2) is 5.46. The molecule has 3 rings (SSSR count). The van der Waals surface area contributed by atoms with Gasteiger partial charge in [-0.15, -0.1) is 0 Å². The molecule has 1 aliphatic heterocycles. The smallest absolute Gasteiger partial charge is 0.341 e. The summed E-state index contributed by atoms with van der Waals surface area (Å²) in [7, 11) is 0. The first-order valence-electron chi connectivity index (χ1n) is 7.87. The van der Waals surface area contributed by atoms with Gasteiger partial charge in [0.05, 0.1) is 6.61 Å².